The van der Waals surface area contributed by atoms with E-state index in [-0.39, 0.29) is 16.7 Å². The first-order chi connectivity index (χ1) is 9.97. The summed E-state index contributed by atoms with van der Waals surface area (Å²) in [7, 11) is 0. The fraction of sp³-hybridized carbons (Fsp3) is 0.250. The number of aryl methyl sites for hydroxylation is 1. The third-order valence-corrected chi connectivity index (χ3v) is 3.65. The van der Waals surface area contributed by atoms with Crippen molar-refractivity contribution in [2.75, 3.05) is 0 Å². The van der Waals surface area contributed by atoms with Crippen LogP contribution in [-0.4, -0.2) is 4.92 Å². The van der Waals surface area contributed by atoms with Gasteiger partial charge in [-0.2, -0.15) is 0 Å². The van der Waals surface area contributed by atoms with Gasteiger partial charge in [0.2, 0.25) is 0 Å². The van der Waals surface area contributed by atoms with E-state index >= 15 is 0 Å². The second-order valence-electron chi connectivity index (χ2n) is 5.04. The normalized spacial score (nSPS) is 12.1. The van der Waals surface area contributed by atoms with Crippen LogP contribution in [-0.2, 0) is 6.54 Å². The van der Waals surface area contributed by atoms with Gasteiger partial charge in [0.25, 0.3) is 5.69 Å². The molecule has 0 aliphatic carbocycles. The minimum Gasteiger partial charge on any atom is -0.306 e. The number of nitrogens with one attached hydrogen (secondary N) is 1. The van der Waals surface area contributed by atoms with Gasteiger partial charge >= 0.3 is 0 Å². The van der Waals surface area contributed by atoms with Crippen molar-refractivity contribution in [1.82, 2.24) is 5.32 Å². The number of nitrogens with zero attached hydrogens (tertiary/aromatic N) is 1. The molecule has 4 nitrogen and oxygen atoms in total. The van der Waals surface area contributed by atoms with Gasteiger partial charge in [-0.15, -0.1) is 0 Å². The molecule has 1 atom stereocenters. The van der Waals surface area contributed by atoms with Gasteiger partial charge in [0.15, 0.2) is 0 Å². The van der Waals surface area contributed by atoms with E-state index in [0.717, 1.165) is 5.56 Å². The first kappa shape index (κ1) is 15.5. The van der Waals surface area contributed by atoms with Gasteiger partial charge in [0, 0.05) is 29.2 Å². The smallest absolute Gasteiger partial charge is 0.273 e. The molecule has 1 N–H and O–H groups in total. The van der Waals surface area contributed by atoms with Gasteiger partial charge < -0.3 is 5.32 Å². The summed E-state index contributed by atoms with van der Waals surface area (Å²) in [5.41, 5.74) is 3.02. The van der Waals surface area contributed by atoms with Crippen molar-refractivity contribution in [1.29, 1.82) is 0 Å². The van der Waals surface area contributed by atoms with Crippen LogP contribution >= 0.6 is 11.6 Å². The molecular formula is C16H17ClN2O2. The molecule has 0 aliphatic rings. The Balaban J connectivity index is 2.10. The molecule has 0 unspecified atom stereocenters. The predicted octanol–water partition coefficient (Wildman–Crippen LogP) is 4.41. The van der Waals surface area contributed by atoms with Crippen LogP contribution in [0.5, 0.6) is 0 Å². The highest BCUT2D eigenvalue weighted by atomic mass is 35.5. The Morgan fingerprint density at radius 3 is 2.52 bits per heavy atom. The predicted molar refractivity (Wildman–Crippen MR) is 84.5 cm³/mol. The summed E-state index contributed by atoms with van der Waals surface area (Å²) in [5, 5.41) is 14.8. The number of benzene rings is 2. The number of halogens is 1. The standard InChI is InChI=1S/C16H17ClN2O2/c1-11-3-5-13(6-4-11)12(2)18-10-14-9-15(17)7-8-16(14)19(20)21/h3-9,12,18H,10H2,1-2H3/t12-/m0/s1. The molecule has 0 aromatic heterocycles. The maximum atomic E-state index is 11.0. The third kappa shape index (κ3) is 4.03. The first-order valence-corrected chi connectivity index (χ1v) is 7.08. The van der Waals surface area contributed by atoms with E-state index < -0.39 is 0 Å². The van der Waals surface area contributed by atoms with Gasteiger partial charge in [-0.1, -0.05) is 41.4 Å². The van der Waals surface area contributed by atoms with Gasteiger partial charge in [-0.05, 0) is 31.5 Å². The summed E-state index contributed by atoms with van der Waals surface area (Å²) >= 11 is 5.92. The SMILES string of the molecule is Cc1ccc([C@H](C)NCc2cc(Cl)ccc2[N+](=O)[O-])cc1. The summed E-state index contributed by atoms with van der Waals surface area (Å²) in [5.74, 6) is 0. The number of hydrogen-bond acceptors (Lipinski definition) is 3. The third-order valence-electron chi connectivity index (χ3n) is 3.41. The van der Waals surface area contributed by atoms with Crippen molar-refractivity contribution in [3.8, 4) is 0 Å². The highest BCUT2D eigenvalue weighted by Crippen LogP contribution is 2.23. The van der Waals surface area contributed by atoms with Crippen LogP contribution in [0.25, 0.3) is 0 Å². The van der Waals surface area contributed by atoms with Crippen LogP contribution in [0.3, 0.4) is 0 Å². The van der Waals surface area contributed by atoms with Crippen LogP contribution in [0.2, 0.25) is 5.02 Å². The topological polar surface area (TPSA) is 55.2 Å². The largest absolute Gasteiger partial charge is 0.306 e. The van der Waals surface area contributed by atoms with Crippen molar-refractivity contribution in [2.24, 2.45) is 0 Å². The molecule has 0 aliphatic heterocycles. The van der Waals surface area contributed by atoms with E-state index in [9.17, 15) is 10.1 Å². The van der Waals surface area contributed by atoms with E-state index in [1.807, 2.05) is 13.8 Å². The van der Waals surface area contributed by atoms with Crippen molar-refractivity contribution < 1.29 is 4.92 Å². The lowest BCUT2D eigenvalue weighted by Crippen LogP contribution is -2.18. The minimum atomic E-state index is -0.385. The Morgan fingerprint density at radius 1 is 1.24 bits per heavy atom. The highest BCUT2D eigenvalue weighted by molar-refractivity contribution is 6.30. The van der Waals surface area contributed by atoms with E-state index in [1.165, 1.54) is 17.7 Å². The van der Waals surface area contributed by atoms with E-state index in [2.05, 4.69) is 29.6 Å². The fourth-order valence-electron chi connectivity index (χ4n) is 2.11. The molecule has 0 fully saturated rings. The Labute approximate surface area is 128 Å². The summed E-state index contributed by atoms with van der Waals surface area (Å²) in [6.45, 7) is 4.46. The zero-order chi connectivity index (χ0) is 15.4. The number of hydrogen-bond donors (Lipinski definition) is 1. The Bertz CT molecular complexity index is 641. The molecule has 2 aromatic carbocycles. The Morgan fingerprint density at radius 2 is 1.90 bits per heavy atom. The minimum absolute atomic E-state index is 0.0861. The average molecular weight is 305 g/mol. The van der Waals surface area contributed by atoms with E-state index in [4.69, 9.17) is 11.6 Å². The number of nitro benzene ring substituents is 1. The Kier molecular flexibility index (Phi) is 4.94. The maximum Gasteiger partial charge on any atom is 0.273 e. The monoisotopic (exact) mass is 304 g/mol. The van der Waals surface area contributed by atoms with Crippen LogP contribution < -0.4 is 5.32 Å². The van der Waals surface area contributed by atoms with Gasteiger partial charge in [-0.3, -0.25) is 10.1 Å². The molecule has 0 spiro atoms. The lowest BCUT2D eigenvalue weighted by Gasteiger charge is -2.14. The van der Waals surface area contributed by atoms with Crippen LogP contribution in [0.4, 0.5) is 5.69 Å². The summed E-state index contributed by atoms with van der Waals surface area (Å²) < 4.78 is 0. The maximum absolute atomic E-state index is 11.0. The second-order valence-corrected chi connectivity index (χ2v) is 5.48. The zero-order valence-electron chi connectivity index (χ0n) is 12.0. The molecule has 2 aromatic rings. The highest BCUT2D eigenvalue weighted by Gasteiger charge is 2.14. The molecule has 0 amide bonds. The van der Waals surface area contributed by atoms with Crippen molar-refractivity contribution >= 4 is 17.3 Å². The second kappa shape index (κ2) is 6.70. The Hall–Kier alpha value is -1.91. The summed E-state index contributed by atoms with van der Waals surface area (Å²) in [4.78, 5) is 10.6. The molecule has 2 rings (SSSR count). The summed E-state index contributed by atoms with van der Waals surface area (Å²) in [6, 6.07) is 12.9. The van der Waals surface area contributed by atoms with Crippen molar-refractivity contribution in [2.45, 2.75) is 26.4 Å². The van der Waals surface area contributed by atoms with Crippen LogP contribution in [0.1, 0.15) is 29.7 Å². The molecule has 0 bridgehead atoms. The molecule has 0 saturated carbocycles. The van der Waals surface area contributed by atoms with Gasteiger partial charge in [0.1, 0.15) is 0 Å². The molecular weight excluding hydrogens is 288 g/mol. The number of rotatable bonds is 5. The van der Waals surface area contributed by atoms with Crippen molar-refractivity contribution in [3.63, 3.8) is 0 Å². The molecule has 5 heteroatoms. The molecule has 21 heavy (non-hydrogen) atoms. The lowest BCUT2D eigenvalue weighted by atomic mass is 10.1. The van der Waals surface area contributed by atoms with Gasteiger partial charge in [0.05, 0.1) is 4.92 Å². The lowest BCUT2D eigenvalue weighted by molar-refractivity contribution is -0.385. The molecule has 0 radical (unpaired) electrons. The number of nitro groups is 1. The molecule has 0 heterocycles. The summed E-state index contributed by atoms with van der Waals surface area (Å²) in [6.07, 6.45) is 0. The molecule has 110 valence electrons. The van der Waals surface area contributed by atoms with E-state index in [0.29, 0.717) is 17.1 Å². The van der Waals surface area contributed by atoms with Crippen LogP contribution in [0, 0.1) is 17.0 Å². The quantitative estimate of drug-likeness (QED) is 0.657. The van der Waals surface area contributed by atoms with Crippen LogP contribution in [0.15, 0.2) is 42.5 Å². The van der Waals surface area contributed by atoms with E-state index in [1.54, 1.807) is 6.07 Å². The zero-order valence-corrected chi connectivity index (χ0v) is 12.7. The first-order valence-electron chi connectivity index (χ1n) is 6.70. The average Bonchev–Trinajstić information content (AvgIpc) is 2.45. The van der Waals surface area contributed by atoms with Gasteiger partial charge in [-0.25, -0.2) is 0 Å². The van der Waals surface area contributed by atoms with Crippen molar-refractivity contribution in [3.05, 3.63) is 74.3 Å². The molecule has 0 saturated heterocycles. The fourth-order valence-corrected chi connectivity index (χ4v) is 2.30.